The highest BCUT2D eigenvalue weighted by Gasteiger charge is 2.29. The molecule has 0 amide bonds. The molecule has 0 spiro atoms. The molecule has 1 heterocycles. The number of rotatable bonds is 5. The van der Waals surface area contributed by atoms with E-state index in [-0.39, 0.29) is 0 Å². The van der Waals surface area contributed by atoms with Crippen LogP contribution in [0.25, 0.3) is 0 Å². The summed E-state index contributed by atoms with van der Waals surface area (Å²) in [6.07, 6.45) is 1.44. The minimum Gasteiger partial charge on any atom is -0.375 e. The summed E-state index contributed by atoms with van der Waals surface area (Å²) in [4.78, 5) is 3.81. The summed E-state index contributed by atoms with van der Waals surface area (Å²) < 4.78 is 22.8. The van der Waals surface area contributed by atoms with Crippen LogP contribution in [0.15, 0.2) is 6.20 Å². The minimum atomic E-state index is -3.17. The first-order valence-electron chi connectivity index (χ1n) is 4.23. The minimum absolute atomic E-state index is 0.328. The van der Waals surface area contributed by atoms with Gasteiger partial charge in [-0.05, 0) is 13.8 Å². The Labute approximate surface area is 86.8 Å². The molecule has 2 N–H and O–H groups in total. The molecule has 0 fully saturated rings. The van der Waals surface area contributed by atoms with Gasteiger partial charge in [-0.25, -0.2) is 4.98 Å². The number of anilines is 1. The average molecular weight is 236 g/mol. The lowest BCUT2D eigenvalue weighted by Gasteiger charge is -2.14. The van der Waals surface area contributed by atoms with E-state index in [0.717, 1.165) is 11.3 Å². The van der Waals surface area contributed by atoms with Gasteiger partial charge in [0.2, 0.25) is 0 Å². The Morgan fingerprint density at radius 1 is 1.50 bits per heavy atom. The Morgan fingerprint density at radius 2 is 2.07 bits per heavy atom. The average Bonchev–Trinajstić information content (AvgIpc) is 2.53. The van der Waals surface area contributed by atoms with Crippen molar-refractivity contribution in [2.24, 2.45) is 0 Å². The van der Waals surface area contributed by atoms with E-state index in [9.17, 15) is 4.57 Å². The van der Waals surface area contributed by atoms with E-state index in [1.165, 1.54) is 6.20 Å². The number of nitrogens with two attached hydrogens (primary N) is 1. The molecule has 0 unspecified atom stereocenters. The SMILES string of the molecule is CCOP(=O)(OCC)c1cnc(N)s1. The Hall–Kier alpha value is -0.420. The van der Waals surface area contributed by atoms with Gasteiger partial charge in [0.25, 0.3) is 0 Å². The van der Waals surface area contributed by atoms with E-state index in [1.807, 2.05) is 0 Å². The molecular weight excluding hydrogens is 223 g/mol. The third kappa shape index (κ3) is 2.54. The number of thiazole rings is 1. The van der Waals surface area contributed by atoms with Gasteiger partial charge in [0.1, 0.15) is 4.62 Å². The Balaban J connectivity index is 2.93. The molecule has 80 valence electrons. The van der Waals surface area contributed by atoms with Gasteiger partial charge in [0, 0.05) is 0 Å². The maximum Gasteiger partial charge on any atom is 0.372 e. The van der Waals surface area contributed by atoms with Crippen molar-refractivity contribution in [1.29, 1.82) is 0 Å². The van der Waals surface area contributed by atoms with Crippen LogP contribution in [0.2, 0.25) is 0 Å². The first-order valence-corrected chi connectivity index (χ1v) is 6.59. The number of hydrogen-bond donors (Lipinski definition) is 1. The Morgan fingerprint density at radius 3 is 2.43 bits per heavy atom. The first-order chi connectivity index (χ1) is 6.62. The van der Waals surface area contributed by atoms with Crippen LogP contribution in [-0.4, -0.2) is 18.2 Å². The lowest BCUT2D eigenvalue weighted by molar-refractivity contribution is 0.230. The molecule has 1 rings (SSSR count). The van der Waals surface area contributed by atoms with Crippen LogP contribution in [0.5, 0.6) is 0 Å². The molecule has 0 saturated carbocycles. The lowest BCUT2D eigenvalue weighted by atomic mass is 10.9. The fourth-order valence-corrected chi connectivity index (χ4v) is 3.59. The highest BCUT2D eigenvalue weighted by Crippen LogP contribution is 2.48. The largest absolute Gasteiger partial charge is 0.375 e. The van der Waals surface area contributed by atoms with Gasteiger partial charge in [0.05, 0.1) is 19.4 Å². The standard InChI is InChI=1S/C7H13N2O3PS/c1-3-11-13(10,12-4-2)6-5-9-7(8)14-6/h5H,3-4H2,1-2H3,(H2,8,9). The zero-order valence-electron chi connectivity index (χ0n) is 8.10. The van der Waals surface area contributed by atoms with E-state index in [4.69, 9.17) is 14.8 Å². The molecular formula is C7H13N2O3PS. The van der Waals surface area contributed by atoms with Gasteiger partial charge in [-0.15, -0.1) is 0 Å². The smallest absolute Gasteiger partial charge is 0.372 e. The van der Waals surface area contributed by atoms with Crippen molar-refractivity contribution in [1.82, 2.24) is 4.98 Å². The summed E-state index contributed by atoms with van der Waals surface area (Å²) in [5, 5.41) is 0.361. The maximum atomic E-state index is 12.1. The fraction of sp³-hybridized carbons (Fsp3) is 0.571. The fourth-order valence-electron chi connectivity index (χ4n) is 0.910. The number of hydrogen-bond acceptors (Lipinski definition) is 6. The number of aromatic nitrogens is 1. The topological polar surface area (TPSA) is 74.4 Å². The van der Waals surface area contributed by atoms with E-state index < -0.39 is 7.60 Å². The molecule has 0 aliphatic carbocycles. The first kappa shape index (κ1) is 11.7. The van der Waals surface area contributed by atoms with Crippen molar-refractivity contribution in [3.05, 3.63) is 6.20 Å². The van der Waals surface area contributed by atoms with Crippen molar-refractivity contribution in [2.45, 2.75) is 13.8 Å². The molecule has 0 aliphatic rings. The summed E-state index contributed by atoms with van der Waals surface area (Å²) in [6.45, 7) is 4.18. The molecule has 5 nitrogen and oxygen atoms in total. The van der Waals surface area contributed by atoms with E-state index in [0.29, 0.717) is 23.0 Å². The quantitative estimate of drug-likeness (QED) is 0.786. The van der Waals surface area contributed by atoms with Crippen molar-refractivity contribution >= 4 is 28.7 Å². The highest BCUT2D eigenvalue weighted by molar-refractivity contribution is 7.69. The van der Waals surface area contributed by atoms with Crippen LogP contribution < -0.4 is 10.4 Å². The molecule has 0 atom stereocenters. The van der Waals surface area contributed by atoms with Crippen LogP contribution >= 0.6 is 18.9 Å². The van der Waals surface area contributed by atoms with Gasteiger partial charge in [0.15, 0.2) is 5.13 Å². The summed E-state index contributed by atoms with van der Waals surface area (Å²) >= 11 is 1.13. The van der Waals surface area contributed by atoms with Crippen molar-refractivity contribution in [3.8, 4) is 0 Å². The molecule has 0 aliphatic heterocycles. The third-order valence-corrected chi connectivity index (χ3v) is 4.80. The van der Waals surface area contributed by atoms with Gasteiger partial charge >= 0.3 is 7.60 Å². The monoisotopic (exact) mass is 236 g/mol. The molecule has 0 aromatic carbocycles. The molecule has 0 bridgehead atoms. The molecule has 0 saturated heterocycles. The normalized spacial score (nSPS) is 11.9. The summed E-state index contributed by atoms with van der Waals surface area (Å²) in [5.74, 6) is 0. The molecule has 7 heteroatoms. The Bertz CT molecular complexity index is 331. The predicted octanol–water partition coefficient (Wildman–Crippen LogP) is 1.62. The summed E-state index contributed by atoms with van der Waals surface area (Å²) in [7, 11) is -3.17. The number of nitrogens with zero attached hydrogens (tertiary/aromatic N) is 1. The third-order valence-electron chi connectivity index (χ3n) is 1.38. The van der Waals surface area contributed by atoms with Gasteiger partial charge in [-0.2, -0.15) is 0 Å². The zero-order valence-corrected chi connectivity index (χ0v) is 9.81. The highest BCUT2D eigenvalue weighted by atomic mass is 32.1. The van der Waals surface area contributed by atoms with Gasteiger partial charge < -0.3 is 14.8 Å². The second-order valence-electron chi connectivity index (χ2n) is 2.37. The van der Waals surface area contributed by atoms with Crippen LogP contribution in [-0.2, 0) is 13.6 Å². The number of nitrogen functional groups attached to an aromatic ring is 1. The van der Waals surface area contributed by atoms with Crippen molar-refractivity contribution in [2.75, 3.05) is 18.9 Å². The summed E-state index contributed by atoms with van der Waals surface area (Å²) in [5.41, 5.74) is 5.44. The van der Waals surface area contributed by atoms with Gasteiger partial charge in [-0.1, -0.05) is 11.3 Å². The van der Waals surface area contributed by atoms with Crippen LogP contribution in [0.1, 0.15) is 13.8 Å². The second kappa shape index (κ2) is 4.89. The molecule has 1 aromatic heterocycles. The molecule has 0 radical (unpaired) electrons. The van der Waals surface area contributed by atoms with E-state index in [1.54, 1.807) is 13.8 Å². The van der Waals surface area contributed by atoms with Crippen LogP contribution in [0.4, 0.5) is 5.13 Å². The molecule has 14 heavy (non-hydrogen) atoms. The zero-order chi connectivity index (χ0) is 10.6. The lowest BCUT2D eigenvalue weighted by Crippen LogP contribution is -2.06. The second-order valence-corrected chi connectivity index (χ2v) is 5.73. The van der Waals surface area contributed by atoms with Crippen LogP contribution in [0.3, 0.4) is 0 Å². The van der Waals surface area contributed by atoms with Crippen molar-refractivity contribution < 1.29 is 13.6 Å². The van der Waals surface area contributed by atoms with E-state index >= 15 is 0 Å². The molecule has 1 aromatic rings. The maximum absolute atomic E-state index is 12.1. The summed E-state index contributed by atoms with van der Waals surface area (Å²) in [6, 6.07) is 0. The predicted molar refractivity (Wildman–Crippen MR) is 57.0 cm³/mol. The Kier molecular flexibility index (Phi) is 4.07. The van der Waals surface area contributed by atoms with Crippen LogP contribution in [0, 0.1) is 0 Å². The van der Waals surface area contributed by atoms with Gasteiger partial charge in [-0.3, -0.25) is 4.57 Å². The van der Waals surface area contributed by atoms with Crippen molar-refractivity contribution in [3.63, 3.8) is 0 Å². The van der Waals surface area contributed by atoms with E-state index in [2.05, 4.69) is 4.98 Å².